The number of benzene rings is 1. The standard InChI is InChI=1S/C9H9NSe/c1-6-3-8-9(4-7(6)2)11-5-10-8/h3-5H,1-2H3. The second-order valence-electron chi connectivity index (χ2n) is 2.76. The third kappa shape index (κ3) is 1.13. The molecule has 2 heteroatoms. The topological polar surface area (TPSA) is 12.9 Å². The summed E-state index contributed by atoms with van der Waals surface area (Å²) < 4.78 is 1.43. The second-order valence-corrected chi connectivity index (χ2v) is 4.62. The van der Waals surface area contributed by atoms with Gasteiger partial charge in [0.15, 0.2) is 0 Å². The molecule has 0 aliphatic heterocycles. The molecule has 0 radical (unpaired) electrons. The maximum atomic E-state index is 4.30. The molecule has 0 fully saturated rings. The van der Waals surface area contributed by atoms with Gasteiger partial charge in [0.2, 0.25) is 0 Å². The predicted molar refractivity (Wildman–Crippen MR) is 48.2 cm³/mol. The summed E-state index contributed by atoms with van der Waals surface area (Å²) in [6.45, 7) is 4.29. The zero-order chi connectivity index (χ0) is 7.84. The Labute approximate surface area is 71.8 Å². The molecule has 2 aromatic rings. The fraction of sp³-hybridized carbons (Fsp3) is 0.222. The molecule has 0 aliphatic rings. The summed E-state index contributed by atoms with van der Waals surface area (Å²) >= 11 is 0.494. The van der Waals surface area contributed by atoms with Crippen molar-refractivity contribution in [1.29, 1.82) is 0 Å². The van der Waals surface area contributed by atoms with Crippen molar-refractivity contribution < 1.29 is 0 Å². The molecule has 2 rings (SSSR count). The van der Waals surface area contributed by atoms with Gasteiger partial charge in [-0.1, -0.05) is 0 Å². The van der Waals surface area contributed by atoms with Crippen molar-refractivity contribution in [1.82, 2.24) is 4.98 Å². The third-order valence-electron chi connectivity index (χ3n) is 1.95. The molecule has 1 aromatic carbocycles. The molecule has 56 valence electrons. The van der Waals surface area contributed by atoms with Crippen molar-refractivity contribution >= 4 is 24.3 Å². The average Bonchev–Trinajstić information content (AvgIpc) is 2.36. The van der Waals surface area contributed by atoms with Crippen LogP contribution in [0.1, 0.15) is 11.1 Å². The monoisotopic (exact) mass is 211 g/mol. The van der Waals surface area contributed by atoms with E-state index in [1.165, 1.54) is 20.9 Å². The van der Waals surface area contributed by atoms with E-state index in [0.29, 0.717) is 14.5 Å². The fourth-order valence-corrected chi connectivity index (χ4v) is 2.70. The van der Waals surface area contributed by atoms with Crippen LogP contribution < -0.4 is 0 Å². The molecule has 0 atom stereocenters. The Bertz CT molecular complexity index is 353. The van der Waals surface area contributed by atoms with E-state index in [4.69, 9.17) is 0 Å². The predicted octanol–water partition coefficient (Wildman–Crippen LogP) is 1.91. The quantitative estimate of drug-likeness (QED) is 0.605. The maximum absolute atomic E-state index is 4.30. The van der Waals surface area contributed by atoms with Crippen molar-refractivity contribution in [3.05, 3.63) is 28.3 Å². The van der Waals surface area contributed by atoms with Gasteiger partial charge in [-0.2, -0.15) is 0 Å². The van der Waals surface area contributed by atoms with Crippen molar-refractivity contribution in [3.8, 4) is 0 Å². The first kappa shape index (κ1) is 7.08. The van der Waals surface area contributed by atoms with Crippen molar-refractivity contribution in [2.24, 2.45) is 0 Å². The number of aryl methyl sites for hydroxylation is 2. The summed E-state index contributed by atoms with van der Waals surface area (Å²) in [5, 5.41) is 2.04. The number of hydrogen-bond acceptors (Lipinski definition) is 1. The van der Waals surface area contributed by atoms with Crippen LogP contribution in [-0.4, -0.2) is 19.5 Å². The molecule has 0 unspecified atom stereocenters. The molecule has 1 heterocycles. The van der Waals surface area contributed by atoms with Crippen LogP contribution in [0.4, 0.5) is 0 Å². The van der Waals surface area contributed by atoms with Gasteiger partial charge in [-0.15, -0.1) is 0 Å². The summed E-state index contributed by atoms with van der Waals surface area (Å²) in [7, 11) is 0. The number of aromatic nitrogens is 1. The van der Waals surface area contributed by atoms with Gasteiger partial charge in [0.25, 0.3) is 0 Å². The normalized spacial score (nSPS) is 10.7. The zero-order valence-corrected chi connectivity index (χ0v) is 8.30. The third-order valence-corrected chi connectivity index (χ3v) is 3.61. The van der Waals surface area contributed by atoms with E-state index >= 15 is 0 Å². The summed E-state index contributed by atoms with van der Waals surface area (Å²) in [4.78, 5) is 4.30. The molecule has 0 saturated carbocycles. The summed E-state index contributed by atoms with van der Waals surface area (Å²) in [6.07, 6.45) is 0. The van der Waals surface area contributed by atoms with Crippen LogP contribution >= 0.6 is 0 Å². The summed E-state index contributed by atoms with van der Waals surface area (Å²) in [6, 6.07) is 4.44. The first-order valence-electron chi connectivity index (χ1n) is 3.58. The first-order valence-corrected chi connectivity index (χ1v) is 5.42. The number of fused-ring (bicyclic) bond motifs is 1. The molecule has 0 N–H and O–H groups in total. The average molecular weight is 210 g/mol. The number of rotatable bonds is 0. The molecule has 1 nitrogen and oxygen atoms in total. The van der Waals surface area contributed by atoms with Gasteiger partial charge in [-0.05, 0) is 0 Å². The molecule has 11 heavy (non-hydrogen) atoms. The SMILES string of the molecule is Cc1cc2nc[se]c2cc1C. The number of hydrogen-bond donors (Lipinski definition) is 0. The second kappa shape index (κ2) is 2.47. The van der Waals surface area contributed by atoms with Crippen LogP contribution in [0.15, 0.2) is 17.2 Å². The van der Waals surface area contributed by atoms with Crippen LogP contribution in [0, 0.1) is 13.8 Å². The van der Waals surface area contributed by atoms with Crippen molar-refractivity contribution in [2.45, 2.75) is 13.8 Å². The fourth-order valence-electron chi connectivity index (χ4n) is 1.11. The minimum atomic E-state index is 0.494. The van der Waals surface area contributed by atoms with Crippen molar-refractivity contribution in [3.63, 3.8) is 0 Å². The van der Waals surface area contributed by atoms with E-state index in [2.05, 4.69) is 31.0 Å². The van der Waals surface area contributed by atoms with Crippen LogP contribution in [0.5, 0.6) is 0 Å². The Hall–Kier alpha value is -0.591. The molecule has 0 spiro atoms. The van der Waals surface area contributed by atoms with E-state index < -0.39 is 0 Å². The summed E-state index contributed by atoms with van der Waals surface area (Å²) in [5.74, 6) is 0. The molecule has 0 amide bonds. The van der Waals surface area contributed by atoms with Gasteiger partial charge in [-0.25, -0.2) is 0 Å². The van der Waals surface area contributed by atoms with Crippen molar-refractivity contribution in [2.75, 3.05) is 0 Å². The van der Waals surface area contributed by atoms with Crippen LogP contribution in [0.25, 0.3) is 9.78 Å². The van der Waals surface area contributed by atoms with E-state index in [9.17, 15) is 0 Å². The van der Waals surface area contributed by atoms with E-state index in [1.807, 2.05) is 5.07 Å². The first-order chi connectivity index (χ1) is 5.27. The van der Waals surface area contributed by atoms with E-state index in [0.717, 1.165) is 0 Å². The molecular formula is C9H9NSe. The van der Waals surface area contributed by atoms with Gasteiger partial charge in [0, 0.05) is 0 Å². The molecule has 0 aliphatic carbocycles. The van der Waals surface area contributed by atoms with Gasteiger partial charge >= 0.3 is 71.4 Å². The Morgan fingerprint density at radius 1 is 1.18 bits per heavy atom. The van der Waals surface area contributed by atoms with Crippen LogP contribution in [0.3, 0.4) is 0 Å². The van der Waals surface area contributed by atoms with Gasteiger partial charge in [0.05, 0.1) is 0 Å². The van der Waals surface area contributed by atoms with Gasteiger partial charge in [0.1, 0.15) is 0 Å². The molecule has 1 aromatic heterocycles. The van der Waals surface area contributed by atoms with Gasteiger partial charge < -0.3 is 0 Å². The minimum absolute atomic E-state index is 0.494. The Morgan fingerprint density at radius 3 is 2.73 bits per heavy atom. The van der Waals surface area contributed by atoms with Gasteiger partial charge in [-0.3, -0.25) is 0 Å². The summed E-state index contributed by atoms with van der Waals surface area (Å²) in [5.41, 5.74) is 3.92. The van der Waals surface area contributed by atoms with Crippen LogP contribution in [0.2, 0.25) is 0 Å². The van der Waals surface area contributed by atoms with E-state index in [1.54, 1.807) is 0 Å². The van der Waals surface area contributed by atoms with E-state index in [-0.39, 0.29) is 0 Å². The molecule has 0 saturated heterocycles. The Kier molecular flexibility index (Phi) is 1.59. The molecule has 0 bridgehead atoms. The zero-order valence-electron chi connectivity index (χ0n) is 6.59. The van der Waals surface area contributed by atoms with Crippen LogP contribution in [-0.2, 0) is 0 Å². The Balaban J connectivity index is 2.86. The molecular weight excluding hydrogens is 201 g/mol. The Morgan fingerprint density at radius 2 is 1.91 bits per heavy atom. The number of nitrogens with zero attached hydrogens (tertiary/aromatic N) is 1.